The molecule has 19 heavy (non-hydrogen) atoms. The average Bonchev–Trinajstić information content (AvgIpc) is 2.34. The van der Waals surface area contributed by atoms with E-state index >= 15 is 0 Å². The second-order valence-electron chi connectivity index (χ2n) is 3.59. The summed E-state index contributed by atoms with van der Waals surface area (Å²) < 4.78 is 0. The number of nitrogens with zero attached hydrogens (tertiary/aromatic N) is 1. The molecule has 0 saturated carbocycles. The van der Waals surface area contributed by atoms with Gasteiger partial charge >= 0.3 is 5.97 Å². The Morgan fingerprint density at radius 2 is 2.11 bits per heavy atom. The average molecular weight is 269 g/mol. The van der Waals surface area contributed by atoms with Gasteiger partial charge in [0.25, 0.3) is 5.69 Å². The van der Waals surface area contributed by atoms with Crippen molar-refractivity contribution in [1.29, 1.82) is 0 Å². The zero-order chi connectivity index (χ0) is 14.6. The predicted octanol–water partition coefficient (Wildman–Crippen LogP) is -0.449. The summed E-state index contributed by atoms with van der Waals surface area (Å²) in [6, 6.07) is 3.09. The third-order valence-electron chi connectivity index (χ3n) is 2.26. The van der Waals surface area contributed by atoms with Crippen molar-refractivity contribution >= 4 is 23.3 Å². The summed E-state index contributed by atoms with van der Waals surface area (Å²) in [6.45, 7) is -0.350. The van der Waals surface area contributed by atoms with E-state index in [9.17, 15) is 24.8 Å². The fourth-order valence-corrected chi connectivity index (χ4v) is 1.29. The van der Waals surface area contributed by atoms with Gasteiger partial charge in [0.05, 0.1) is 16.2 Å². The highest BCUT2D eigenvalue weighted by molar-refractivity contribution is 5.95. The number of hydrogen-bond donors (Lipinski definition) is 4. The highest BCUT2D eigenvalue weighted by Gasteiger charge is 2.17. The molecule has 9 nitrogen and oxygen atoms in total. The summed E-state index contributed by atoms with van der Waals surface area (Å²) in [5.74, 6) is -2.29. The van der Waals surface area contributed by atoms with Crippen molar-refractivity contribution in [3.8, 4) is 0 Å². The summed E-state index contributed by atoms with van der Waals surface area (Å²) in [5.41, 5.74) is 4.20. The molecule has 0 aliphatic carbocycles. The van der Waals surface area contributed by atoms with Gasteiger partial charge in [-0.1, -0.05) is 0 Å². The Kier molecular flexibility index (Phi) is 4.37. The normalized spacial score (nSPS) is 11.6. The van der Waals surface area contributed by atoms with E-state index < -0.39 is 22.9 Å². The second kappa shape index (κ2) is 5.78. The predicted molar refractivity (Wildman–Crippen MR) is 63.7 cm³/mol. The summed E-state index contributed by atoms with van der Waals surface area (Å²) in [4.78, 5) is 31.4. The maximum absolute atomic E-state index is 10.9. The Bertz CT molecular complexity index is 530. The lowest BCUT2D eigenvalue weighted by molar-refractivity contribution is -0.384. The van der Waals surface area contributed by atoms with E-state index in [4.69, 9.17) is 10.8 Å². The Morgan fingerprint density at radius 3 is 2.58 bits per heavy atom. The van der Waals surface area contributed by atoms with E-state index in [1.54, 1.807) is 0 Å². The third kappa shape index (κ3) is 3.64. The SMILES string of the molecule is NC(=O)C(O)CNc1cc([N+](=O)[O-])ccc1C(=O)O. The number of primary amides is 1. The molecular weight excluding hydrogens is 258 g/mol. The number of nitrogens with two attached hydrogens (primary N) is 1. The van der Waals surface area contributed by atoms with Crippen molar-refractivity contribution < 1.29 is 24.7 Å². The maximum Gasteiger partial charge on any atom is 0.337 e. The first kappa shape index (κ1) is 14.4. The minimum absolute atomic E-state index is 0.0815. The van der Waals surface area contributed by atoms with Crippen LogP contribution in [-0.2, 0) is 4.79 Å². The second-order valence-corrected chi connectivity index (χ2v) is 3.59. The lowest BCUT2D eigenvalue weighted by Gasteiger charge is -2.11. The number of nitro benzene ring substituents is 1. The first-order chi connectivity index (χ1) is 8.82. The Labute approximate surface area is 106 Å². The van der Waals surface area contributed by atoms with E-state index in [-0.39, 0.29) is 23.5 Å². The number of benzene rings is 1. The molecule has 0 aromatic heterocycles. The number of aromatic carboxylic acids is 1. The number of hydrogen-bond acceptors (Lipinski definition) is 6. The quantitative estimate of drug-likeness (QED) is 0.402. The van der Waals surface area contributed by atoms with Gasteiger partial charge in [-0.05, 0) is 6.07 Å². The molecule has 1 aromatic rings. The zero-order valence-electron chi connectivity index (χ0n) is 9.57. The first-order valence-corrected chi connectivity index (χ1v) is 5.06. The van der Waals surface area contributed by atoms with Crippen LogP contribution < -0.4 is 11.1 Å². The number of anilines is 1. The van der Waals surface area contributed by atoms with Crippen molar-refractivity contribution in [3.05, 3.63) is 33.9 Å². The van der Waals surface area contributed by atoms with Crippen molar-refractivity contribution in [2.45, 2.75) is 6.10 Å². The summed E-state index contributed by atoms with van der Waals surface area (Å²) in [7, 11) is 0. The standard InChI is InChI=1S/C10H11N3O6/c11-9(15)8(14)4-12-7-3-5(13(18)19)1-2-6(7)10(16)17/h1-3,8,12,14H,4H2,(H2,11,15)(H,16,17). The van der Waals surface area contributed by atoms with Gasteiger partial charge in [-0.15, -0.1) is 0 Å². The molecule has 9 heteroatoms. The first-order valence-electron chi connectivity index (χ1n) is 5.06. The van der Waals surface area contributed by atoms with Gasteiger partial charge in [0.15, 0.2) is 0 Å². The zero-order valence-corrected chi connectivity index (χ0v) is 9.57. The van der Waals surface area contributed by atoms with Crippen LogP contribution in [0.15, 0.2) is 18.2 Å². The number of nitrogens with one attached hydrogen (secondary N) is 1. The number of carbonyl (C=O) groups is 2. The fourth-order valence-electron chi connectivity index (χ4n) is 1.29. The molecule has 0 radical (unpaired) electrons. The number of carboxylic acids is 1. The fraction of sp³-hybridized carbons (Fsp3) is 0.200. The van der Waals surface area contributed by atoms with Crippen LogP contribution in [0, 0.1) is 10.1 Å². The molecule has 0 bridgehead atoms. The highest BCUT2D eigenvalue weighted by Crippen LogP contribution is 2.22. The van der Waals surface area contributed by atoms with Crippen LogP contribution in [0.2, 0.25) is 0 Å². The highest BCUT2D eigenvalue weighted by atomic mass is 16.6. The maximum atomic E-state index is 10.9. The molecule has 1 aromatic carbocycles. The molecule has 102 valence electrons. The van der Waals surface area contributed by atoms with Crippen LogP contribution in [0.3, 0.4) is 0 Å². The molecule has 0 saturated heterocycles. The lowest BCUT2D eigenvalue weighted by atomic mass is 10.1. The van der Waals surface area contributed by atoms with Crippen LogP contribution in [0.25, 0.3) is 0 Å². The Morgan fingerprint density at radius 1 is 1.47 bits per heavy atom. The van der Waals surface area contributed by atoms with Crippen LogP contribution >= 0.6 is 0 Å². The number of carbonyl (C=O) groups excluding carboxylic acids is 1. The van der Waals surface area contributed by atoms with Crippen molar-refractivity contribution in [2.75, 3.05) is 11.9 Å². The van der Waals surface area contributed by atoms with Gasteiger partial charge in [0, 0.05) is 18.7 Å². The molecule has 0 aliphatic rings. The molecule has 0 aliphatic heterocycles. The van der Waals surface area contributed by atoms with Crippen LogP contribution in [-0.4, -0.2) is 39.7 Å². The van der Waals surface area contributed by atoms with Gasteiger partial charge < -0.3 is 21.3 Å². The smallest absolute Gasteiger partial charge is 0.337 e. The number of amides is 1. The summed E-state index contributed by atoms with van der Waals surface area (Å²) in [6.07, 6.45) is -1.53. The van der Waals surface area contributed by atoms with Crippen molar-refractivity contribution in [3.63, 3.8) is 0 Å². The number of carboxylic acid groups (broad SMARTS) is 1. The minimum atomic E-state index is -1.53. The van der Waals surface area contributed by atoms with Crippen LogP contribution in [0.5, 0.6) is 0 Å². The topological polar surface area (TPSA) is 156 Å². The van der Waals surface area contributed by atoms with Gasteiger partial charge in [-0.3, -0.25) is 14.9 Å². The monoisotopic (exact) mass is 269 g/mol. The number of aliphatic hydroxyl groups is 1. The van der Waals surface area contributed by atoms with Crippen molar-refractivity contribution in [1.82, 2.24) is 0 Å². The van der Waals surface area contributed by atoms with Crippen LogP contribution in [0.1, 0.15) is 10.4 Å². The van der Waals surface area contributed by atoms with E-state index in [2.05, 4.69) is 5.32 Å². The van der Waals surface area contributed by atoms with E-state index in [0.29, 0.717) is 0 Å². The van der Waals surface area contributed by atoms with E-state index in [1.165, 1.54) is 0 Å². The molecule has 0 fully saturated rings. The Hall–Kier alpha value is -2.68. The summed E-state index contributed by atoms with van der Waals surface area (Å²) >= 11 is 0. The molecule has 1 rings (SSSR count). The van der Waals surface area contributed by atoms with E-state index in [0.717, 1.165) is 18.2 Å². The molecule has 0 spiro atoms. The van der Waals surface area contributed by atoms with E-state index in [1.807, 2.05) is 0 Å². The number of aliphatic hydroxyl groups excluding tert-OH is 1. The van der Waals surface area contributed by atoms with Gasteiger partial charge in [0.2, 0.25) is 5.91 Å². The molecule has 1 atom stereocenters. The minimum Gasteiger partial charge on any atom is -0.478 e. The largest absolute Gasteiger partial charge is 0.478 e. The number of nitro groups is 1. The third-order valence-corrected chi connectivity index (χ3v) is 2.26. The van der Waals surface area contributed by atoms with Gasteiger partial charge in [-0.2, -0.15) is 0 Å². The molecule has 1 unspecified atom stereocenters. The molecular formula is C10H11N3O6. The van der Waals surface area contributed by atoms with Crippen LogP contribution in [0.4, 0.5) is 11.4 Å². The molecule has 1 amide bonds. The van der Waals surface area contributed by atoms with Crippen molar-refractivity contribution in [2.24, 2.45) is 5.73 Å². The lowest BCUT2D eigenvalue weighted by Crippen LogP contribution is -2.34. The molecule has 5 N–H and O–H groups in total. The summed E-state index contributed by atoms with van der Waals surface area (Å²) in [5, 5.41) is 31.1. The van der Waals surface area contributed by atoms with Gasteiger partial charge in [0.1, 0.15) is 6.10 Å². The Balaban J connectivity index is 3.01. The number of rotatable bonds is 6. The van der Waals surface area contributed by atoms with Gasteiger partial charge in [-0.25, -0.2) is 4.79 Å². The number of non-ortho nitro benzene ring substituents is 1. The molecule has 0 heterocycles.